The minimum Gasteiger partial charge on any atom is -0.359 e. The molecule has 2 amide bonds. The number of nitrogens with zero attached hydrogens (tertiary/aromatic N) is 3. The van der Waals surface area contributed by atoms with Crippen molar-refractivity contribution in [2.24, 2.45) is 4.99 Å². The van der Waals surface area contributed by atoms with E-state index in [1.54, 1.807) is 17.0 Å². The van der Waals surface area contributed by atoms with Gasteiger partial charge in [0, 0.05) is 31.3 Å². The van der Waals surface area contributed by atoms with E-state index in [1.165, 1.54) is 0 Å². The van der Waals surface area contributed by atoms with Crippen molar-refractivity contribution in [3.8, 4) is 0 Å². The van der Waals surface area contributed by atoms with Crippen LogP contribution < -0.4 is 16.0 Å². The van der Waals surface area contributed by atoms with Crippen molar-refractivity contribution in [1.29, 1.82) is 0 Å². The van der Waals surface area contributed by atoms with Crippen LogP contribution in [0.5, 0.6) is 0 Å². The quantitative estimate of drug-likeness (QED) is 0.458. The van der Waals surface area contributed by atoms with Crippen molar-refractivity contribution in [2.45, 2.75) is 39.8 Å². The minimum atomic E-state index is -0.132. The zero-order valence-electron chi connectivity index (χ0n) is 18.3. The molecule has 0 radical (unpaired) electrons. The topological polar surface area (TPSA) is 112 Å². The molecule has 1 aliphatic heterocycles. The van der Waals surface area contributed by atoms with Gasteiger partial charge in [0.1, 0.15) is 0 Å². The number of amides is 2. The lowest BCUT2D eigenvalue weighted by Gasteiger charge is -2.26. The molecular formula is C22H30N6O3. The summed E-state index contributed by atoms with van der Waals surface area (Å²) in [4.78, 5) is 30.2. The van der Waals surface area contributed by atoms with Crippen LogP contribution in [0.2, 0.25) is 0 Å². The number of nitrogens with one attached hydrogen (secondary N) is 3. The van der Waals surface area contributed by atoms with Gasteiger partial charge in [-0.3, -0.25) is 9.59 Å². The number of hydrogen-bond acceptors (Lipinski definition) is 5. The Labute approximate surface area is 182 Å². The van der Waals surface area contributed by atoms with E-state index in [4.69, 9.17) is 4.52 Å². The predicted molar refractivity (Wildman–Crippen MR) is 118 cm³/mol. The van der Waals surface area contributed by atoms with Crippen LogP contribution in [0.1, 0.15) is 54.1 Å². The van der Waals surface area contributed by atoms with Crippen molar-refractivity contribution in [3.63, 3.8) is 0 Å². The third kappa shape index (κ3) is 6.31. The fourth-order valence-electron chi connectivity index (χ4n) is 3.11. The van der Waals surface area contributed by atoms with Crippen LogP contribution in [0.4, 0.5) is 0 Å². The largest absolute Gasteiger partial charge is 0.359 e. The number of aromatic nitrogens is 1. The molecule has 31 heavy (non-hydrogen) atoms. The lowest BCUT2D eigenvalue weighted by Crippen LogP contribution is -2.49. The molecule has 1 fully saturated rings. The van der Waals surface area contributed by atoms with Gasteiger partial charge in [-0.05, 0) is 30.5 Å². The zero-order valence-corrected chi connectivity index (χ0v) is 18.3. The van der Waals surface area contributed by atoms with Crippen LogP contribution in [0, 0.1) is 0 Å². The van der Waals surface area contributed by atoms with Crippen LogP contribution in [-0.2, 0) is 17.9 Å². The Morgan fingerprint density at radius 3 is 2.71 bits per heavy atom. The summed E-state index contributed by atoms with van der Waals surface area (Å²) >= 11 is 0. The Balaban J connectivity index is 1.57. The second kappa shape index (κ2) is 10.6. The van der Waals surface area contributed by atoms with E-state index in [9.17, 15) is 9.59 Å². The predicted octanol–water partition coefficient (Wildman–Crippen LogP) is 1.63. The maximum absolute atomic E-state index is 12.6. The number of hydrogen-bond donors (Lipinski definition) is 3. The first kappa shape index (κ1) is 22.3. The molecule has 9 heteroatoms. The van der Waals surface area contributed by atoms with Gasteiger partial charge in [-0.1, -0.05) is 31.1 Å². The molecule has 2 heterocycles. The number of benzene rings is 1. The zero-order chi connectivity index (χ0) is 22.2. The molecule has 1 aliphatic rings. The number of carbonyl (C=O) groups is 2. The summed E-state index contributed by atoms with van der Waals surface area (Å²) in [5.41, 5.74) is 2.48. The fraction of sp³-hybridized carbons (Fsp3) is 0.455. The first-order valence-corrected chi connectivity index (χ1v) is 10.6. The van der Waals surface area contributed by atoms with Gasteiger partial charge >= 0.3 is 0 Å². The highest BCUT2D eigenvalue weighted by atomic mass is 16.5. The average molecular weight is 427 g/mol. The van der Waals surface area contributed by atoms with Gasteiger partial charge < -0.3 is 25.4 Å². The molecule has 1 saturated heterocycles. The van der Waals surface area contributed by atoms with E-state index >= 15 is 0 Å². The molecule has 3 rings (SSSR count). The summed E-state index contributed by atoms with van der Waals surface area (Å²) in [6.07, 6.45) is 0. The third-order valence-corrected chi connectivity index (χ3v) is 4.89. The molecule has 166 valence electrons. The van der Waals surface area contributed by atoms with Crippen LogP contribution in [0.25, 0.3) is 0 Å². The van der Waals surface area contributed by atoms with E-state index in [1.807, 2.05) is 25.1 Å². The summed E-state index contributed by atoms with van der Waals surface area (Å²) in [6, 6.07) is 9.28. The summed E-state index contributed by atoms with van der Waals surface area (Å²) in [5.74, 6) is 1.49. The Bertz CT molecular complexity index is 920. The second-order valence-electron chi connectivity index (χ2n) is 7.70. The molecule has 0 aliphatic carbocycles. The average Bonchev–Trinajstić information content (AvgIpc) is 3.25. The van der Waals surface area contributed by atoms with Gasteiger partial charge in [-0.15, -0.1) is 0 Å². The number of guanidine groups is 1. The fourth-order valence-corrected chi connectivity index (χ4v) is 3.11. The number of rotatable bonds is 7. The second-order valence-corrected chi connectivity index (χ2v) is 7.70. The Hall–Kier alpha value is -3.36. The Morgan fingerprint density at radius 1 is 1.29 bits per heavy atom. The molecule has 2 aromatic rings. The smallest absolute Gasteiger partial charge is 0.254 e. The van der Waals surface area contributed by atoms with Crippen molar-refractivity contribution in [3.05, 3.63) is 52.9 Å². The molecule has 1 aromatic carbocycles. The summed E-state index contributed by atoms with van der Waals surface area (Å²) in [5, 5.41) is 13.2. The molecule has 0 spiro atoms. The molecular weight excluding hydrogens is 396 g/mol. The molecule has 9 nitrogen and oxygen atoms in total. The summed E-state index contributed by atoms with van der Waals surface area (Å²) < 4.78 is 5.35. The monoisotopic (exact) mass is 426 g/mol. The SMILES string of the molecule is CCNC(=NCc1ccc(C(=O)N2CCNC(=O)C2)cc1)NCc1cc(C(C)C)no1. The van der Waals surface area contributed by atoms with E-state index in [0.717, 1.165) is 23.6 Å². The number of aliphatic imine (C=N–C) groups is 1. The molecule has 0 atom stereocenters. The standard InChI is InChI=1S/C22H30N6O3/c1-4-23-22(26-13-18-11-19(15(2)3)27-31-18)25-12-16-5-7-17(8-6-16)21(30)28-10-9-24-20(29)14-28/h5-8,11,15H,4,9-10,12-14H2,1-3H3,(H,24,29)(H2,23,25,26). The van der Waals surface area contributed by atoms with Crippen molar-refractivity contribution < 1.29 is 14.1 Å². The van der Waals surface area contributed by atoms with Gasteiger partial charge in [0.2, 0.25) is 5.91 Å². The lowest BCUT2D eigenvalue weighted by molar-refractivity contribution is -0.123. The van der Waals surface area contributed by atoms with Crippen molar-refractivity contribution in [2.75, 3.05) is 26.2 Å². The van der Waals surface area contributed by atoms with Crippen molar-refractivity contribution in [1.82, 2.24) is 26.0 Å². The molecule has 0 saturated carbocycles. The number of piperazine rings is 1. The maximum atomic E-state index is 12.6. The van der Waals surface area contributed by atoms with Crippen molar-refractivity contribution >= 4 is 17.8 Å². The van der Waals surface area contributed by atoms with Crippen LogP contribution in [0.15, 0.2) is 39.8 Å². The maximum Gasteiger partial charge on any atom is 0.254 e. The van der Waals surface area contributed by atoms with E-state index in [0.29, 0.717) is 43.6 Å². The van der Waals surface area contributed by atoms with E-state index < -0.39 is 0 Å². The first-order valence-electron chi connectivity index (χ1n) is 10.6. The van der Waals surface area contributed by atoms with Gasteiger partial charge in [-0.25, -0.2) is 4.99 Å². The summed E-state index contributed by atoms with van der Waals surface area (Å²) in [7, 11) is 0. The van der Waals surface area contributed by atoms with Gasteiger partial charge in [0.25, 0.3) is 5.91 Å². The van der Waals surface area contributed by atoms with E-state index in [-0.39, 0.29) is 18.4 Å². The Kier molecular flexibility index (Phi) is 7.64. The van der Waals surface area contributed by atoms with Crippen LogP contribution >= 0.6 is 0 Å². The first-order chi connectivity index (χ1) is 15.0. The third-order valence-electron chi connectivity index (χ3n) is 4.89. The lowest BCUT2D eigenvalue weighted by atomic mass is 10.1. The van der Waals surface area contributed by atoms with E-state index in [2.05, 4.69) is 39.9 Å². The Morgan fingerprint density at radius 2 is 2.06 bits per heavy atom. The highest BCUT2D eigenvalue weighted by Gasteiger charge is 2.22. The van der Waals surface area contributed by atoms with Crippen LogP contribution in [0.3, 0.4) is 0 Å². The molecule has 0 bridgehead atoms. The normalized spacial score (nSPS) is 14.5. The highest BCUT2D eigenvalue weighted by Crippen LogP contribution is 2.14. The highest BCUT2D eigenvalue weighted by molar-refractivity contribution is 5.97. The van der Waals surface area contributed by atoms with Gasteiger partial charge in [0.15, 0.2) is 11.7 Å². The van der Waals surface area contributed by atoms with Gasteiger partial charge in [0.05, 0.1) is 25.3 Å². The van der Waals surface area contributed by atoms with Crippen LogP contribution in [-0.4, -0.2) is 54.0 Å². The molecule has 0 unspecified atom stereocenters. The molecule has 3 N–H and O–H groups in total. The van der Waals surface area contributed by atoms with Gasteiger partial charge in [-0.2, -0.15) is 0 Å². The molecule has 1 aromatic heterocycles. The summed E-state index contributed by atoms with van der Waals surface area (Å²) in [6.45, 7) is 8.95. The minimum absolute atomic E-state index is 0.104. The number of carbonyl (C=O) groups excluding carboxylic acids is 2.